The van der Waals surface area contributed by atoms with Crippen LogP contribution in [-0.4, -0.2) is 50.7 Å². The lowest BCUT2D eigenvalue weighted by molar-refractivity contribution is -0.139. The number of methoxy groups -OCH3 is 1. The molecule has 0 saturated heterocycles. The molecule has 3 atom stereocenters. The number of carbonyl (C=O) groups is 2. The lowest BCUT2D eigenvalue weighted by Gasteiger charge is -2.28. The van der Waals surface area contributed by atoms with E-state index < -0.39 is 17.4 Å². The van der Waals surface area contributed by atoms with Crippen LogP contribution < -0.4 is 15.0 Å². The second-order valence-corrected chi connectivity index (χ2v) is 12.1. The van der Waals surface area contributed by atoms with E-state index in [1.807, 2.05) is 85.9 Å². The van der Waals surface area contributed by atoms with Gasteiger partial charge in [-0.25, -0.2) is 0 Å². The number of fused-ring (bicyclic) bond motifs is 1. The molecule has 1 aliphatic rings. The van der Waals surface area contributed by atoms with Gasteiger partial charge >= 0.3 is 0 Å². The lowest BCUT2D eigenvalue weighted by atomic mass is 9.82. The van der Waals surface area contributed by atoms with Crippen LogP contribution in [0, 0.1) is 5.92 Å². The van der Waals surface area contributed by atoms with Crippen LogP contribution >= 0.6 is 0 Å². The van der Waals surface area contributed by atoms with Crippen LogP contribution in [0.2, 0.25) is 0 Å². The standard InChI is InChI=1S/C39H39N5O5/c1-27(11-9-10-22-43-25-35(41-42-43)33(26-45)29-14-7-4-8-15-29)39(48)34-23-31(40-37(46)30-16-19-32(49-2)20-17-30)18-21-36(34)44(38(39)47)24-28-12-5-3-6-13-28/h3-9,11-21,23,25,27,33,45,48H,10,22,24,26H2,1-2H3,(H,40,46)/b11-9+/t27-,33?,39+/m1/s1. The first kappa shape index (κ1) is 33.3. The topological polar surface area (TPSA) is 130 Å². The van der Waals surface area contributed by atoms with Crippen LogP contribution in [0.1, 0.15) is 52.0 Å². The first-order chi connectivity index (χ1) is 23.8. The third-order valence-corrected chi connectivity index (χ3v) is 8.97. The van der Waals surface area contributed by atoms with Crippen LogP contribution in [0.25, 0.3) is 0 Å². The van der Waals surface area contributed by atoms with Crippen molar-refractivity contribution in [1.29, 1.82) is 0 Å². The van der Waals surface area contributed by atoms with Gasteiger partial charge in [-0.2, -0.15) is 0 Å². The van der Waals surface area contributed by atoms with Gasteiger partial charge in [-0.3, -0.25) is 14.3 Å². The summed E-state index contributed by atoms with van der Waals surface area (Å²) in [5, 5.41) is 33.7. The molecule has 0 spiro atoms. The summed E-state index contributed by atoms with van der Waals surface area (Å²) in [6, 6.07) is 31.3. The second kappa shape index (κ2) is 14.7. The molecule has 3 N–H and O–H groups in total. The number of anilines is 2. The molecular formula is C39H39N5O5. The zero-order valence-corrected chi connectivity index (χ0v) is 27.4. The summed E-state index contributed by atoms with van der Waals surface area (Å²) in [7, 11) is 1.56. The Morgan fingerprint density at radius 2 is 1.71 bits per heavy atom. The van der Waals surface area contributed by atoms with Gasteiger partial charge in [0.25, 0.3) is 11.8 Å². The van der Waals surface area contributed by atoms with Crippen molar-refractivity contribution >= 4 is 23.2 Å². The van der Waals surface area contributed by atoms with Crippen molar-refractivity contribution < 1.29 is 24.5 Å². The molecule has 1 unspecified atom stereocenters. The second-order valence-electron chi connectivity index (χ2n) is 12.1. The van der Waals surface area contributed by atoms with Gasteiger partial charge in [0, 0.05) is 35.5 Å². The van der Waals surface area contributed by atoms with E-state index in [2.05, 4.69) is 15.6 Å². The molecule has 2 amide bonds. The molecule has 1 aliphatic heterocycles. The van der Waals surface area contributed by atoms with Crippen molar-refractivity contribution in [3.8, 4) is 5.75 Å². The zero-order valence-electron chi connectivity index (χ0n) is 27.4. The van der Waals surface area contributed by atoms with E-state index in [4.69, 9.17) is 4.74 Å². The quantitative estimate of drug-likeness (QED) is 0.139. The highest BCUT2D eigenvalue weighted by Crippen LogP contribution is 2.47. The molecule has 10 nitrogen and oxygen atoms in total. The Morgan fingerprint density at radius 3 is 2.41 bits per heavy atom. The van der Waals surface area contributed by atoms with Crippen LogP contribution in [0.5, 0.6) is 5.75 Å². The number of aliphatic hydroxyl groups is 2. The summed E-state index contributed by atoms with van der Waals surface area (Å²) in [6.45, 7) is 2.54. The molecule has 6 rings (SSSR count). The monoisotopic (exact) mass is 657 g/mol. The Morgan fingerprint density at radius 1 is 1.00 bits per heavy atom. The van der Waals surface area contributed by atoms with Gasteiger partial charge in [-0.1, -0.05) is 85.0 Å². The van der Waals surface area contributed by atoms with Crippen molar-refractivity contribution in [3.63, 3.8) is 0 Å². The van der Waals surface area contributed by atoms with Gasteiger partial charge in [-0.05, 0) is 60.0 Å². The van der Waals surface area contributed by atoms with Gasteiger partial charge in [0.15, 0.2) is 5.60 Å². The average Bonchev–Trinajstić information content (AvgIpc) is 3.68. The molecule has 0 saturated carbocycles. The molecule has 0 aliphatic carbocycles. The minimum Gasteiger partial charge on any atom is -0.497 e. The first-order valence-electron chi connectivity index (χ1n) is 16.2. The third kappa shape index (κ3) is 7.01. The molecule has 1 aromatic heterocycles. The molecule has 49 heavy (non-hydrogen) atoms. The molecule has 0 fully saturated rings. The minimum atomic E-state index is -1.87. The molecule has 4 aromatic carbocycles. The molecular weight excluding hydrogens is 618 g/mol. The number of aromatic nitrogens is 3. The Kier molecular flexibility index (Phi) is 9.98. The largest absolute Gasteiger partial charge is 0.497 e. The normalized spacial score (nSPS) is 16.8. The van der Waals surface area contributed by atoms with Crippen LogP contribution in [0.4, 0.5) is 11.4 Å². The number of allylic oxidation sites excluding steroid dienone is 1. The maximum Gasteiger partial charge on any atom is 0.264 e. The predicted octanol–water partition coefficient (Wildman–Crippen LogP) is 5.68. The molecule has 0 radical (unpaired) electrons. The summed E-state index contributed by atoms with van der Waals surface area (Å²) in [6.07, 6.45) is 6.17. The van der Waals surface area contributed by atoms with Gasteiger partial charge in [0.05, 0.1) is 37.6 Å². The number of amides is 2. The van der Waals surface area contributed by atoms with E-state index in [1.54, 1.807) is 59.2 Å². The average molecular weight is 658 g/mol. The molecule has 0 bridgehead atoms. The van der Waals surface area contributed by atoms with Gasteiger partial charge in [0.1, 0.15) is 5.75 Å². The highest BCUT2D eigenvalue weighted by Gasteiger charge is 2.52. The summed E-state index contributed by atoms with van der Waals surface area (Å²) < 4.78 is 6.92. The fraction of sp³-hybridized carbons (Fsp3) is 0.231. The maximum atomic E-state index is 14.1. The Balaban J connectivity index is 1.20. The fourth-order valence-corrected chi connectivity index (χ4v) is 6.18. The number of nitrogens with zero attached hydrogens (tertiary/aromatic N) is 4. The molecule has 250 valence electrons. The van der Waals surface area contributed by atoms with E-state index in [-0.39, 0.29) is 25.0 Å². The van der Waals surface area contributed by atoms with Gasteiger partial charge in [-0.15, -0.1) is 5.10 Å². The smallest absolute Gasteiger partial charge is 0.264 e. The molecule has 10 heteroatoms. The summed E-state index contributed by atoms with van der Waals surface area (Å²) in [4.78, 5) is 28.8. The van der Waals surface area contributed by atoms with E-state index >= 15 is 0 Å². The Hall–Kier alpha value is -5.58. The maximum absolute atomic E-state index is 14.1. The van der Waals surface area contributed by atoms with Crippen molar-refractivity contribution in [3.05, 3.63) is 149 Å². The zero-order chi connectivity index (χ0) is 34.4. The number of hydrogen-bond donors (Lipinski definition) is 3. The minimum absolute atomic E-state index is 0.0810. The van der Waals surface area contributed by atoms with Gasteiger partial charge < -0.3 is 25.2 Å². The van der Waals surface area contributed by atoms with Crippen molar-refractivity contribution in [2.24, 2.45) is 5.92 Å². The molecule has 2 heterocycles. The van der Waals surface area contributed by atoms with Gasteiger partial charge in [0.2, 0.25) is 0 Å². The number of benzene rings is 4. The summed E-state index contributed by atoms with van der Waals surface area (Å²) >= 11 is 0. The third-order valence-electron chi connectivity index (χ3n) is 8.97. The highest BCUT2D eigenvalue weighted by atomic mass is 16.5. The summed E-state index contributed by atoms with van der Waals surface area (Å²) in [5.41, 5.74) is 2.62. The highest BCUT2D eigenvalue weighted by molar-refractivity contribution is 6.09. The Bertz CT molecular complexity index is 1930. The Labute approximate surface area is 285 Å². The number of hydrogen-bond acceptors (Lipinski definition) is 7. The van der Waals surface area contributed by atoms with Crippen molar-refractivity contribution in [2.45, 2.75) is 38.0 Å². The predicted molar refractivity (Wildman–Crippen MR) is 187 cm³/mol. The summed E-state index contributed by atoms with van der Waals surface area (Å²) in [5.74, 6) is -0.982. The van der Waals surface area contributed by atoms with Crippen molar-refractivity contribution in [1.82, 2.24) is 15.0 Å². The number of rotatable bonds is 13. The number of nitrogens with one attached hydrogen (secondary N) is 1. The van der Waals surface area contributed by atoms with Crippen LogP contribution in [0.15, 0.2) is 121 Å². The molecule has 5 aromatic rings. The first-order valence-corrected chi connectivity index (χ1v) is 16.2. The van der Waals surface area contributed by atoms with Crippen molar-refractivity contribution in [2.75, 3.05) is 23.9 Å². The lowest BCUT2D eigenvalue weighted by Crippen LogP contribution is -2.44. The number of ether oxygens (including phenoxy) is 1. The van der Waals surface area contributed by atoms with E-state index in [0.717, 1.165) is 11.1 Å². The number of aliphatic hydroxyl groups excluding tert-OH is 1. The van der Waals surface area contributed by atoms with Crippen LogP contribution in [0.3, 0.4) is 0 Å². The van der Waals surface area contributed by atoms with E-state index in [9.17, 15) is 19.8 Å². The fourth-order valence-electron chi connectivity index (χ4n) is 6.18. The number of carbonyl (C=O) groups excluding carboxylic acids is 2. The van der Waals surface area contributed by atoms with E-state index in [1.165, 1.54) is 0 Å². The van der Waals surface area contributed by atoms with E-state index in [0.29, 0.717) is 46.9 Å². The number of aryl methyl sites for hydroxylation is 1. The SMILES string of the molecule is COc1ccc(C(=O)Nc2ccc3c(c2)[C@@](O)([C@H](C)/C=C/CCn2cc(C(CO)c4ccccc4)nn2)C(=O)N3Cc2ccccc2)cc1. The van der Waals surface area contributed by atoms with Crippen LogP contribution in [-0.2, 0) is 23.5 Å².